The summed E-state index contributed by atoms with van der Waals surface area (Å²) in [7, 11) is 1.80. The molecular weight excluding hydrogens is 314 g/mol. The summed E-state index contributed by atoms with van der Waals surface area (Å²) >= 11 is 0. The highest BCUT2D eigenvalue weighted by Gasteiger charge is 1.97. The Morgan fingerprint density at radius 2 is 1.56 bits per heavy atom. The molecule has 0 amide bonds. The number of guanidine groups is 1. The van der Waals surface area contributed by atoms with E-state index in [1.54, 1.807) is 7.05 Å². The number of hydrogen-bond donors (Lipinski definition) is 2. The van der Waals surface area contributed by atoms with Gasteiger partial charge in [-0.1, -0.05) is 43.7 Å². The first kappa shape index (κ1) is 21.5. The van der Waals surface area contributed by atoms with Crippen molar-refractivity contribution in [3.05, 3.63) is 35.9 Å². The van der Waals surface area contributed by atoms with Crippen molar-refractivity contribution in [2.75, 3.05) is 40.0 Å². The maximum atomic E-state index is 5.69. The Bertz CT molecular complexity index is 438. The van der Waals surface area contributed by atoms with Gasteiger partial charge in [-0.3, -0.25) is 4.99 Å². The van der Waals surface area contributed by atoms with Gasteiger partial charge in [-0.25, -0.2) is 0 Å². The molecule has 0 aliphatic heterocycles. The minimum Gasteiger partial charge on any atom is -0.381 e. The van der Waals surface area contributed by atoms with E-state index < -0.39 is 0 Å². The minimum atomic E-state index is 0.692. The van der Waals surface area contributed by atoms with Crippen LogP contribution in [-0.4, -0.2) is 45.9 Å². The van der Waals surface area contributed by atoms with Crippen molar-refractivity contribution in [2.24, 2.45) is 4.99 Å². The average Bonchev–Trinajstić information content (AvgIpc) is 2.65. The van der Waals surface area contributed by atoms with E-state index in [4.69, 9.17) is 9.47 Å². The van der Waals surface area contributed by atoms with E-state index in [1.807, 2.05) is 18.2 Å². The molecular formula is C20H35N3O2. The van der Waals surface area contributed by atoms with Crippen LogP contribution in [0.2, 0.25) is 0 Å². The fraction of sp³-hybridized carbons (Fsp3) is 0.650. The van der Waals surface area contributed by atoms with Crippen molar-refractivity contribution in [1.29, 1.82) is 0 Å². The molecule has 0 spiro atoms. The van der Waals surface area contributed by atoms with Crippen LogP contribution < -0.4 is 10.6 Å². The molecule has 2 N–H and O–H groups in total. The van der Waals surface area contributed by atoms with Gasteiger partial charge in [0, 0.05) is 40.0 Å². The molecule has 25 heavy (non-hydrogen) atoms. The van der Waals surface area contributed by atoms with E-state index in [9.17, 15) is 0 Å². The zero-order valence-electron chi connectivity index (χ0n) is 15.9. The SMILES string of the molecule is CCCCOCCCNC(=NC)NCCCCOCc1ccccc1. The Labute approximate surface area is 153 Å². The molecule has 0 aromatic heterocycles. The van der Waals surface area contributed by atoms with Gasteiger partial charge in [-0.2, -0.15) is 0 Å². The Morgan fingerprint density at radius 1 is 0.880 bits per heavy atom. The molecule has 1 aromatic carbocycles. The molecule has 5 nitrogen and oxygen atoms in total. The summed E-state index contributed by atoms with van der Waals surface area (Å²) < 4.78 is 11.2. The van der Waals surface area contributed by atoms with Gasteiger partial charge < -0.3 is 20.1 Å². The van der Waals surface area contributed by atoms with Gasteiger partial charge in [0.15, 0.2) is 5.96 Å². The second kappa shape index (κ2) is 15.9. The summed E-state index contributed by atoms with van der Waals surface area (Å²) in [5.41, 5.74) is 1.23. The van der Waals surface area contributed by atoms with E-state index in [-0.39, 0.29) is 0 Å². The number of ether oxygens (including phenoxy) is 2. The maximum Gasteiger partial charge on any atom is 0.190 e. The predicted octanol–water partition coefficient (Wildman–Crippen LogP) is 3.36. The minimum absolute atomic E-state index is 0.692. The summed E-state index contributed by atoms with van der Waals surface area (Å²) in [6.45, 7) is 7.12. The second-order valence-corrected chi connectivity index (χ2v) is 5.99. The summed E-state index contributed by atoms with van der Waals surface area (Å²) in [6.07, 6.45) is 5.44. The van der Waals surface area contributed by atoms with Gasteiger partial charge in [0.05, 0.1) is 6.61 Å². The monoisotopic (exact) mass is 349 g/mol. The summed E-state index contributed by atoms with van der Waals surface area (Å²) in [5, 5.41) is 6.64. The standard InChI is InChI=1S/C20H35N3O2/c1-3-4-15-24-17-10-14-23-20(21-2)22-13-8-9-16-25-18-19-11-6-5-7-12-19/h5-7,11-12H,3-4,8-10,13-18H2,1-2H3,(H2,21,22,23). The highest BCUT2D eigenvalue weighted by molar-refractivity contribution is 5.79. The molecule has 0 radical (unpaired) electrons. The van der Waals surface area contributed by atoms with E-state index in [0.29, 0.717) is 6.61 Å². The largest absolute Gasteiger partial charge is 0.381 e. The summed E-state index contributed by atoms with van der Waals surface area (Å²) in [4.78, 5) is 4.23. The van der Waals surface area contributed by atoms with E-state index in [1.165, 1.54) is 12.0 Å². The molecule has 0 heterocycles. The normalized spacial score (nSPS) is 11.5. The topological polar surface area (TPSA) is 54.9 Å². The fourth-order valence-electron chi connectivity index (χ4n) is 2.25. The van der Waals surface area contributed by atoms with Crippen molar-refractivity contribution in [2.45, 2.75) is 45.6 Å². The van der Waals surface area contributed by atoms with Crippen molar-refractivity contribution in [1.82, 2.24) is 10.6 Å². The van der Waals surface area contributed by atoms with Crippen molar-refractivity contribution in [3.8, 4) is 0 Å². The molecule has 0 bridgehead atoms. The average molecular weight is 350 g/mol. The first-order valence-corrected chi connectivity index (χ1v) is 9.50. The van der Waals surface area contributed by atoms with Crippen molar-refractivity contribution in [3.63, 3.8) is 0 Å². The molecule has 0 fully saturated rings. The first-order valence-electron chi connectivity index (χ1n) is 9.50. The third-order valence-electron chi connectivity index (χ3n) is 3.74. The number of hydrogen-bond acceptors (Lipinski definition) is 3. The van der Waals surface area contributed by atoms with E-state index in [2.05, 4.69) is 34.7 Å². The first-order chi connectivity index (χ1) is 12.4. The van der Waals surface area contributed by atoms with Gasteiger partial charge >= 0.3 is 0 Å². The zero-order chi connectivity index (χ0) is 18.0. The van der Waals surface area contributed by atoms with Crippen LogP contribution in [0.5, 0.6) is 0 Å². The Kier molecular flexibility index (Phi) is 13.7. The third-order valence-corrected chi connectivity index (χ3v) is 3.74. The lowest BCUT2D eigenvalue weighted by molar-refractivity contribution is 0.117. The Hall–Kier alpha value is -1.59. The third kappa shape index (κ3) is 12.4. The number of aliphatic imine (C=N–C) groups is 1. The van der Waals surface area contributed by atoms with Crippen molar-refractivity contribution >= 4 is 5.96 Å². The molecule has 1 rings (SSSR count). The Morgan fingerprint density at radius 3 is 2.28 bits per heavy atom. The quantitative estimate of drug-likeness (QED) is 0.307. The molecule has 1 aromatic rings. The molecule has 142 valence electrons. The highest BCUT2D eigenvalue weighted by Crippen LogP contribution is 2.01. The molecule has 5 heteroatoms. The smallest absolute Gasteiger partial charge is 0.190 e. The van der Waals surface area contributed by atoms with Crippen LogP contribution in [0.15, 0.2) is 35.3 Å². The van der Waals surface area contributed by atoms with Gasteiger partial charge in [0.25, 0.3) is 0 Å². The van der Waals surface area contributed by atoms with Crippen LogP contribution in [-0.2, 0) is 16.1 Å². The highest BCUT2D eigenvalue weighted by atomic mass is 16.5. The maximum absolute atomic E-state index is 5.69. The van der Waals surface area contributed by atoms with Crippen molar-refractivity contribution < 1.29 is 9.47 Å². The lowest BCUT2D eigenvalue weighted by Gasteiger charge is -2.12. The summed E-state index contributed by atoms with van der Waals surface area (Å²) in [5.74, 6) is 0.860. The van der Waals surface area contributed by atoms with Gasteiger partial charge in [-0.15, -0.1) is 0 Å². The number of nitrogens with one attached hydrogen (secondary N) is 2. The molecule has 0 saturated heterocycles. The zero-order valence-corrected chi connectivity index (χ0v) is 15.9. The number of rotatable bonds is 14. The summed E-state index contributed by atoms with van der Waals surface area (Å²) in [6, 6.07) is 10.3. The molecule has 0 aliphatic carbocycles. The predicted molar refractivity (Wildman–Crippen MR) is 105 cm³/mol. The molecule has 0 atom stereocenters. The van der Waals surface area contributed by atoms with Crippen LogP contribution in [0.25, 0.3) is 0 Å². The molecule has 0 saturated carbocycles. The molecule has 0 aliphatic rings. The van der Waals surface area contributed by atoms with Gasteiger partial charge in [0.2, 0.25) is 0 Å². The van der Waals surface area contributed by atoms with Gasteiger partial charge in [-0.05, 0) is 31.2 Å². The lowest BCUT2D eigenvalue weighted by Crippen LogP contribution is -2.38. The lowest BCUT2D eigenvalue weighted by atomic mass is 10.2. The Balaban J connectivity index is 1.91. The van der Waals surface area contributed by atoms with Gasteiger partial charge in [0.1, 0.15) is 0 Å². The van der Waals surface area contributed by atoms with E-state index >= 15 is 0 Å². The fourth-order valence-corrected chi connectivity index (χ4v) is 2.25. The van der Waals surface area contributed by atoms with Crippen LogP contribution in [0.1, 0.15) is 44.6 Å². The van der Waals surface area contributed by atoms with Crippen LogP contribution >= 0.6 is 0 Å². The second-order valence-electron chi connectivity index (χ2n) is 5.99. The van der Waals surface area contributed by atoms with Crippen LogP contribution in [0, 0.1) is 0 Å². The van der Waals surface area contributed by atoms with Crippen LogP contribution in [0.4, 0.5) is 0 Å². The number of unbranched alkanes of at least 4 members (excludes halogenated alkanes) is 2. The number of nitrogens with zero attached hydrogens (tertiary/aromatic N) is 1. The van der Waals surface area contributed by atoms with Crippen LogP contribution in [0.3, 0.4) is 0 Å². The molecule has 0 unspecified atom stereocenters. The van der Waals surface area contributed by atoms with E-state index in [0.717, 1.165) is 64.6 Å². The number of benzene rings is 1.